The van der Waals surface area contributed by atoms with E-state index in [1.807, 2.05) is 30.5 Å². The summed E-state index contributed by atoms with van der Waals surface area (Å²) < 4.78 is 0. The molecule has 0 saturated heterocycles. The third kappa shape index (κ3) is 3.34. The van der Waals surface area contributed by atoms with Crippen LogP contribution >= 0.6 is 11.8 Å². The van der Waals surface area contributed by atoms with E-state index in [0.717, 1.165) is 36.3 Å². The number of thioether (sulfide) groups is 1. The molecule has 1 N–H and O–H groups in total. The Morgan fingerprint density at radius 2 is 2.00 bits per heavy atom. The quantitative estimate of drug-likeness (QED) is 0.669. The lowest BCUT2D eigenvalue weighted by Gasteiger charge is -2.23. The largest absolute Gasteiger partial charge is 0.325 e. The Kier molecular flexibility index (Phi) is 5.08. The highest BCUT2D eigenvalue weighted by atomic mass is 32.2. The monoisotopic (exact) mass is 288 g/mol. The lowest BCUT2D eigenvalue weighted by molar-refractivity contribution is -0.123. The number of rotatable bonds is 3. The first-order valence-corrected chi connectivity index (χ1v) is 8.29. The van der Waals surface area contributed by atoms with E-state index in [0.29, 0.717) is 12.8 Å². The third-order valence-corrected chi connectivity index (χ3v) is 4.66. The van der Waals surface area contributed by atoms with Gasteiger partial charge in [-0.3, -0.25) is 4.79 Å². The molecule has 106 valence electrons. The van der Waals surface area contributed by atoms with Crippen LogP contribution < -0.4 is 5.32 Å². The highest BCUT2D eigenvalue weighted by Crippen LogP contribution is 2.35. The predicted molar refractivity (Wildman–Crippen MR) is 82.6 cm³/mol. The van der Waals surface area contributed by atoms with E-state index in [4.69, 9.17) is 0 Å². The fourth-order valence-electron chi connectivity index (χ4n) is 2.67. The van der Waals surface area contributed by atoms with E-state index < -0.39 is 5.41 Å². The van der Waals surface area contributed by atoms with Crippen molar-refractivity contribution in [2.75, 3.05) is 11.6 Å². The summed E-state index contributed by atoms with van der Waals surface area (Å²) in [6, 6.07) is 10.0. The number of nitrogens with one attached hydrogen (secondary N) is 1. The second-order valence-electron chi connectivity index (χ2n) is 5.29. The average Bonchev–Trinajstić information content (AvgIpc) is 2.74. The summed E-state index contributed by atoms with van der Waals surface area (Å²) in [7, 11) is 0. The van der Waals surface area contributed by atoms with Gasteiger partial charge in [0.2, 0.25) is 5.91 Å². The van der Waals surface area contributed by atoms with Gasteiger partial charge in [0.1, 0.15) is 5.41 Å². The Morgan fingerprint density at radius 1 is 1.30 bits per heavy atom. The average molecular weight is 288 g/mol. The molecule has 1 fully saturated rings. The second-order valence-corrected chi connectivity index (χ2v) is 6.17. The molecule has 1 aliphatic carbocycles. The number of hydrogen-bond acceptors (Lipinski definition) is 3. The van der Waals surface area contributed by atoms with Crippen molar-refractivity contribution in [2.45, 2.75) is 43.4 Å². The van der Waals surface area contributed by atoms with Crippen molar-refractivity contribution in [3.63, 3.8) is 0 Å². The molecule has 2 rings (SSSR count). The van der Waals surface area contributed by atoms with Crippen molar-refractivity contribution >= 4 is 23.4 Å². The minimum Gasteiger partial charge on any atom is -0.325 e. The number of nitrogens with zero attached hydrogens (tertiary/aromatic N) is 1. The van der Waals surface area contributed by atoms with Gasteiger partial charge in [-0.15, -0.1) is 11.8 Å². The maximum absolute atomic E-state index is 12.5. The molecule has 0 aromatic heterocycles. The fourth-order valence-corrected chi connectivity index (χ4v) is 3.13. The Labute approximate surface area is 124 Å². The van der Waals surface area contributed by atoms with E-state index in [9.17, 15) is 10.1 Å². The number of benzene rings is 1. The number of amides is 1. The van der Waals surface area contributed by atoms with Crippen molar-refractivity contribution in [3.05, 3.63) is 24.3 Å². The number of carbonyl (C=O) groups is 1. The van der Waals surface area contributed by atoms with Gasteiger partial charge in [-0.05, 0) is 37.3 Å². The molecule has 0 spiro atoms. The van der Waals surface area contributed by atoms with Crippen molar-refractivity contribution in [1.82, 2.24) is 0 Å². The van der Waals surface area contributed by atoms with Crippen molar-refractivity contribution in [1.29, 1.82) is 5.26 Å². The first-order chi connectivity index (χ1) is 9.70. The first kappa shape index (κ1) is 14.9. The normalized spacial score (nSPS) is 17.8. The van der Waals surface area contributed by atoms with Crippen LogP contribution in [0.15, 0.2) is 29.2 Å². The molecule has 0 atom stereocenters. The summed E-state index contributed by atoms with van der Waals surface area (Å²) in [6.07, 6.45) is 7.53. The standard InChI is InChI=1S/C16H20N2OS/c1-20-14-8-6-7-13(11-14)18-15(19)16(12-17)9-4-2-3-5-10-16/h6-8,11H,2-5,9-10H2,1H3,(H,18,19). The number of anilines is 1. The van der Waals surface area contributed by atoms with Crippen LogP contribution in [0.3, 0.4) is 0 Å². The van der Waals surface area contributed by atoms with Gasteiger partial charge in [-0.1, -0.05) is 31.7 Å². The van der Waals surface area contributed by atoms with Crippen molar-refractivity contribution in [3.8, 4) is 6.07 Å². The lowest BCUT2D eigenvalue weighted by atomic mass is 9.81. The number of nitriles is 1. The molecule has 0 bridgehead atoms. The molecule has 0 unspecified atom stereocenters. The predicted octanol–water partition coefficient (Wildman–Crippen LogP) is 4.21. The SMILES string of the molecule is CSc1cccc(NC(=O)C2(C#N)CCCCCC2)c1. The summed E-state index contributed by atoms with van der Waals surface area (Å²) in [5, 5.41) is 12.4. The molecule has 1 aromatic rings. The van der Waals surface area contributed by atoms with Gasteiger partial charge in [0.25, 0.3) is 0 Å². The second kappa shape index (κ2) is 6.81. The van der Waals surface area contributed by atoms with Crippen LogP contribution in [0.2, 0.25) is 0 Å². The van der Waals surface area contributed by atoms with Crippen LogP contribution in [0.1, 0.15) is 38.5 Å². The molecular weight excluding hydrogens is 268 g/mol. The number of carbonyl (C=O) groups excluding carboxylic acids is 1. The summed E-state index contributed by atoms with van der Waals surface area (Å²) in [4.78, 5) is 13.6. The van der Waals surface area contributed by atoms with E-state index in [-0.39, 0.29) is 5.91 Å². The molecule has 0 heterocycles. The Balaban J connectivity index is 2.14. The molecule has 1 amide bonds. The van der Waals surface area contributed by atoms with Gasteiger partial charge in [0.05, 0.1) is 6.07 Å². The van der Waals surface area contributed by atoms with Gasteiger partial charge in [0.15, 0.2) is 0 Å². The Hall–Kier alpha value is -1.47. The van der Waals surface area contributed by atoms with Crippen LogP contribution in [0, 0.1) is 16.7 Å². The Bertz CT molecular complexity index is 513. The zero-order chi connectivity index (χ0) is 14.4. The lowest BCUT2D eigenvalue weighted by Crippen LogP contribution is -2.34. The Morgan fingerprint density at radius 3 is 2.60 bits per heavy atom. The summed E-state index contributed by atoms with van der Waals surface area (Å²) >= 11 is 1.64. The van der Waals surface area contributed by atoms with Gasteiger partial charge in [-0.25, -0.2) is 0 Å². The van der Waals surface area contributed by atoms with Crippen molar-refractivity contribution < 1.29 is 4.79 Å². The topological polar surface area (TPSA) is 52.9 Å². The zero-order valence-electron chi connectivity index (χ0n) is 11.8. The van der Waals surface area contributed by atoms with Crippen molar-refractivity contribution in [2.24, 2.45) is 5.41 Å². The smallest absolute Gasteiger partial charge is 0.244 e. The molecule has 3 nitrogen and oxygen atoms in total. The van der Waals surface area contributed by atoms with Crippen LogP contribution in [0.4, 0.5) is 5.69 Å². The molecule has 0 aliphatic heterocycles. The minimum absolute atomic E-state index is 0.139. The van der Waals surface area contributed by atoms with Gasteiger partial charge < -0.3 is 5.32 Å². The van der Waals surface area contributed by atoms with Gasteiger partial charge in [0, 0.05) is 10.6 Å². The number of hydrogen-bond donors (Lipinski definition) is 1. The van der Waals surface area contributed by atoms with E-state index >= 15 is 0 Å². The summed E-state index contributed by atoms with van der Waals surface area (Å²) in [5.74, 6) is -0.139. The minimum atomic E-state index is -0.841. The molecule has 1 aromatic carbocycles. The zero-order valence-corrected chi connectivity index (χ0v) is 12.6. The molecule has 0 radical (unpaired) electrons. The highest BCUT2D eigenvalue weighted by Gasteiger charge is 2.38. The van der Waals surface area contributed by atoms with Crippen LogP contribution in [-0.4, -0.2) is 12.2 Å². The van der Waals surface area contributed by atoms with Crippen LogP contribution in [0.25, 0.3) is 0 Å². The van der Waals surface area contributed by atoms with E-state index in [2.05, 4.69) is 11.4 Å². The fraction of sp³-hybridized carbons (Fsp3) is 0.500. The van der Waals surface area contributed by atoms with E-state index in [1.54, 1.807) is 11.8 Å². The molecule has 4 heteroatoms. The molecule has 20 heavy (non-hydrogen) atoms. The maximum Gasteiger partial charge on any atom is 0.244 e. The summed E-state index contributed by atoms with van der Waals surface area (Å²) in [5.41, 5.74) is -0.0630. The van der Waals surface area contributed by atoms with Crippen LogP contribution in [0.5, 0.6) is 0 Å². The molecule has 1 aliphatic rings. The summed E-state index contributed by atoms with van der Waals surface area (Å²) in [6.45, 7) is 0. The molecule has 1 saturated carbocycles. The van der Waals surface area contributed by atoms with Gasteiger partial charge >= 0.3 is 0 Å². The molecular formula is C16H20N2OS. The first-order valence-electron chi connectivity index (χ1n) is 7.07. The third-order valence-electron chi connectivity index (χ3n) is 3.93. The van der Waals surface area contributed by atoms with E-state index in [1.165, 1.54) is 0 Å². The maximum atomic E-state index is 12.5. The van der Waals surface area contributed by atoms with Crippen LogP contribution in [-0.2, 0) is 4.79 Å². The van der Waals surface area contributed by atoms with Gasteiger partial charge in [-0.2, -0.15) is 5.26 Å². The highest BCUT2D eigenvalue weighted by molar-refractivity contribution is 7.98.